The zero-order valence-electron chi connectivity index (χ0n) is 10.0. The van der Waals surface area contributed by atoms with Crippen LogP contribution in [0.2, 0.25) is 0 Å². The highest BCUT2D eigenvalue weighted by Gasteiger charge is 2.14. The number of aryl methyl sites for hydroxylation is 2. The van der Waals surface area contributed by atoms with Crippen LogP contribution in [0.1, 0.15) is 21.6 Å². The molecule has 0 unspecified atom stereocenters. The summed E-state index contributed by atoms with van der Waals surface area (Å²) in [4.78, 5) is 12.1. The van der Waals surface area contributed by atoms with Crippen LogP contribution in [0.5, 0.6) is 0 Å². The number of halogens is 1. The Labute approximate surface area is 118 Å². The lowest BCUT2D eigenvalue weighted by Gasteiger charge is -2.07. The van der Waals surface area contributed by atoms with E-state index in [1.807, 2.05) is 19.1 Å². The van der Waals surface area contributed by atoms with E-state index in [0.717, 1.165) is 14.8 Å². The molecule has 0 radical (unpaired) electrons. The highest BCUT2D eigenvalue weighted by molar-refractivity contribution is 14.1. The second-order valence-electron chi connectivity index (χ2n) is 4.00. The summed E-state index contributed by atoms with van der Waals surface area (Å²) in [5, 5.41) is 9.38. The standard InChI is InChI=1S/C12H13IN4O/c1-6-4-3-5-8(9(6)13)12(18)15-11-10(14)7(2)16-17-11/h3-5H,14H2,1-2H3,(H2,15,16,17,18). The van der Waals surface area contributed by atoms with E-state index in [1.54, 1.807) is 13.0 Å². The maximum absolute atomic E-state index is 12.1. The van der Waals surface area contributed by atoms with Gasteiger partial charge in [-0.15, -0.1) is 0 Å². The average Bonchev–Trinajstić information content (AvgIpc) is 2.64. The molecule has 94 valence electrons. The van der Waals surface area contributed by atoms with Crippen LogP contribution in [0.3, 0.4) is 0 Å². The number of nitrogen functional groups attached to an aromatic ring is 1. The Bertz CT molecular complexity index is 606. The first-order chi connectivity index (χ1) is 8.50. The van der Waals surface area contributed by atoms with Crippen molar-refractivity contribution in [2.75, 3.05) is 11.1 Å². The zero-order chi connectivity index (χ0) is 13.3. The molecule has 0 saturated heterocycles. The summed E-state index contributed by atoms with van der Waals surface area (Å²) >= 11 is 2.16. The summed E-state index contributed by atoms with van der Waals surface area (Å²) in [7, 11) is 0. The van der Waals surface area contributed by atoms with Crippen molar-refractivity contribution in [2.45, 2.75) is 13.8 Å². The highest BCUT2D eigenvalue weighted by Crippen LogP contribution is 2.21. The number of rotatable bonds is 2. The van der Waals surface area contributed by atoms with E-state index in [9.17, 15) is 4.79 Å². The van der Waals surface area contributed by atoms with Gasteiger partial charge in [0.25, 0.3) is 5.91 Å². The molecule has 1 amide bonds. The topological polar surface area (TPSA) is 83.8 Å². The molecule has 0 atom stereocenters. The fraction of sp³-hybridized carbons (Fsp3) is 0.167. The Morgan fingerprint density at radius 3 is 2.78 bits per heavy atom. The fourth-order valence-corrected chi connectivity index (χ4v) is 2.14. The molecular weight excluding hydrogens is 343 g/mol. The summed E-state index contributed by atoms with van der Waals surface area (Å²) in [5.74, 6) is 0.163. The number of amides is 1. The van der Waals surface area contributed by atoms with Gasteiger partial charge in [0, 0.05) is 3.57 Å². The largest absolute Gasteiger partial charge is 0.394 e. The fourth-order valence-electron chi connectivity index (χ4n) is 1.53. The summed E-state index contributed by atoms with van der Waals surface area (Å²) in [6.45, 7) is 3.76. The van der Waals surface area contributed by atoms with Gasteiger partial charge < -0.3 is 11.1 Å². The molecular formula is C12H13IN4O. The van der Waals surface area contributed by atoms with Gasteiger partial charge in [-0.05, 0) is 48.1 Å². The van der Waals surface area contributed by atoms with Crippen LogP contribution >= 0.6 is 22.6 Å². The van der Waals surface area contributed by atoms with Gasteiger partial charge in [0.2, 0.25) is 0 Å². The normalized spacial score (nSPS) is 10.4. The Balaban J connectivity index is 2.28. The number of anilines is 2. The van der Waals surface area contributed by atoms with Crippen LogP contribution in [0.15, 0.2) is 18.2 Å². The SMILES string of the molecule is Cc1cccc(C(=O)Nc2n[nH]c(C)c2N)c1I. The third kappa shape index (κ3) is 2.33. The molecule has 1 aromatic carbocycles. The lowest BCUT2D eigenvalue weighted by atomic mass is 10.1. The van der Waals surface area contributed by atoms with Crippen LogP contribution in [-0.4, -0.2) is 16.1 Å². The third-order valence-electron chi connectivity index (χ3n) is 2.66. The highest BCUT2D eigenvalue weighted by atomic mass is 127. The Morgan fingerprint density at radius 1 is 1.44 bits per heavy atom. The molecule has 0 aliphatic carbocycles. The average molecular weight is 356 g/mol. The molecule has 4 N–H and O–H groups in total. The van der Waals surface area contributed by atoms with Crippen molar-refractivity contribution in [3.8, 4) is 0 Å². The summed E-state index contributed by atoms with van der Waals surface area (Å²) in [6.07, 6.45) is 0. The molecule has 0 saturated carbocycles. The van der Waals surface area contributed by atoms with Gasteiger partial charge in [-0.2, -0.15) is 5.10 Å². The minimum Gasteiger partial charge on any atom is -0.394 e. The Hall–Kier alpha value is -1.57. The number of hydrogen-bond donors (Lipinski definition) is 3. The van der Waals surface area contributed by atoms with Crippen LogP contribution in [-0.2, 0) is 0 Å². The van der Waals surface area contributed by atoms with E-state index in [1.165, 1.54) is 0 Å². The van der Waals surface area contributed by atoms with Gasteiger partial charge in [-0.25, -0.2) is 0 Å². The molecule has 2 aromatic rings. The first-order valence-electron chi connectivity index (χ1n) is 5.37. The van der Waals surface area contributed by atoms with Crippen molar-refractivity contribution in [2.24, 2.45) is 0 Å². The molecule has 0 fully saturated rings. The Morgan fingerprint density at radius 2 is 2.17 bits per heavy atom. The van der Waals surface area contributed by atoms with Crippen molar-refractivity contribution in [1.82, 2.24) is 10.2 Å². The van der Waals surface area contributed by atoms with E-state index < -0.39 is 0 Å². The predicted octanol–water partition coefficient (Wildman–Crippen LogP) is 2.47. The number of aromatic amines is 1. The van der Waals surface area contributed by atoms with Gasteiger partial charge in [-0.1, -0.05) is 12.1 Å². The summed E-state index contributed by atoms with van der Waals surface area (Å²) in [6, 6.07) is 5.59. The van der Waals surface area contributed by atoms with E-state index in [2.05, 4.69) is 38.1 Å². The van der Waals surface area contributed by atoms with Crippen molar-refractivity contribution in [3.05, 3.63) is 38.6 Å². The van der Waals surface area contributed by atoms with E-state index >= 15 is 0 Å². The van der Waals surface area contributed by atoms with E-state index in [-0.39, 0.29) is 5.91 Å². The molecule has 18 heavy (non-hydrogen) atoms. The molecule has 0 spiro atoms. The second-order valence-corrected chi connectivity index (χ2v) is 5.08. The van der Waals surface area contributed by atoms with Crippen molar-refractivity contribution in [3.63, 3.8) is 0 Å². The number of nitrogens with two attached hydrogens (primary N) is 1. The third-order valence-corrected chi connectivity index (χ3v) is 4.09. The molecule has 5 nitrogen and oxygen atoms in total. The molecule has 1 heterocycles. The van der Waals surface area contributed by atoms with Crippen LogP contribution in [0.4, 0.5) is 11.5 Å². The first-order valence-corrected chi connectivity index (χ1v) is 6.45. The first kappa shape index (κ1) is 12.9. The Kier molecular flexibility index (Phi) is 3.55. The summed E-state index contributed by atoms with van der Waals surface area (Å²) < 4.78 is 0.929. The van der Waals surface area contributed by atoms with Gasteiger partial charge in [0.15, 0.2) is 5.82 Å². The molecule has 0 aliphatic heterocycles. The number of H-pyrrole nitrogens is 1. The molecule has 0 aliphatic rings. The lowest BCUT2D eigenvalue weighted by molar-refractivity contribution is 0.102. The minimum atomic E-state index is -0.207. The predicted molar refractivity (Wildman–Crippen MR) is 79.6 cm³/mol. The molecule has 2 rings (SSSR count). The maximum atomic E-state index is 12.1. The second kappa shape index (κ2) is 4.97. The molecule has 6 heteroatoms. The molecule has 1 aromatic heterocycles. The minimum absolute atomic E-state index is 0.207. The van der Waals surface area contributed by atoms with Gasteiger partial charge in [-0.3, -0.25) is 9.89 Å². The van der Waals surface area contributed by atoms with Crippen molar-refractivity contribution in [1.29, 1.82) is 0 Å². The lowest BCUT2D eigenvalue weighted by Crippen LogP contribution is -2.15. The van der Waals surface area contributed by atoms with Gasteiger partial charge in [0.1, 0.15) is 0 Å². The molecule has 0 bridgehead atoms. The van der Waals surface area contributed by atoms with Crippen molar-refractivity contribution >= 4 is 40.0 Å². The van der Waals surface area contributed by atoms with Crippen LogP contribution in [0.25, 0.3) is 0 Å². The number of nitrogens with zero attached hydrogens (tertiary/aromatic N) is 1. The number of carbonyl (C=O) groups is 1. The van der Waals surface area contributed by atoms with Gasteiger partial charge >= 0.3 is 0 Å². The van der Waals surface area contributed by atoms with E-state index in [4.69, 9.17) is 5.73 Å². The maximum Gasteiger partial charge on any atom is 0.258 e. The monoisotopic (exact) mass is 356 g/mol. The number of nitrogens with one attached hydrogen (secondary N) is 2. The quantitative estimate of drug-likeness (QED) is 0.723. The van der Waals surface area contributed by atoms with E-state index in [0.29, 0.717) is 17.1 Å². The number of benzene rings is 1. The zero-order valence-corrected chi connectivity index (χ0v) is 12.2. The number of carbonyl (C=O) groups excluding carboxylic acids is 1. The number of aromatic nitrogens is 2. The van der Waals surface area contributed by atoms with Crippen molar-refractivity contribution < 1.29 is 4.79 Å². The van der Waals surface area contributed by atoms with Gasteiger partial charge in [0.05, 0.1) is 16.9 Å². The van der Waals surface area contributed by atoms with Crippen LogP contribution in [0, 0.1) is 17.4 Å². The van der Waals surface area contributed by atoms with Crippen LogP contribution < -0.4 is 11.1 Å². The smallest absolute Gasteiger partial charge is 0.258 e. The summed E-state index contributed by atoms with van der Waals surface area (Å²) in [5.41, 5.74) is 8.68. The number of hydrogen-bond acceptors (Lipinski definition) is 3.